The minimum atomic E-state index is -4.77. The van der Waals surface area contributed by atoms with Gasteiger partial charge in [-0.1, -0.05) is 54.6 Å². The second-order valence-electron chi connectivity index (χ2n) is 8.31. The number of ether oxygens (including phenoxy) is 1. The molecule has 0 bridgehead atoms. The smallest absolute Gasteiger partial charge is 0.405 e. The highest BCUT2D eigenvalue weighted by molar-refractivity contribution is 6.31. The highest BCUT2D eigenvalue weighted by Crippen LogP contribution is 2.26. The first-order valence-electron chi connectivity index (χ1n) is 11.7. The van der Waals surface area contributed by atoms with Gasteiger partial charge in [-0.3, -0.25) is 4.79 Å². The van der Waals surface area contributed by atoms with Crippen LogP contribution in [0.3, 0.4) is 0 Å². The highest BCUT2D eigenvalue weighted by Gasteiger charge is 2.32. The summed E-state index contributed by atoms with van der Waals surface area (Å²) in [5.41, 5.74) is 3.89. The molecule has 0 aliphatic carbocycles. The molecule has 1 aliphatic rings. The fraction of sp³-hybridized carbons (Fsp3) is 0.185. The molecule has 0 saturated carbocycles. The highest BCUT2D eigenvalue weighted by atomic mass is 35.5. The van der Waals surface area contributed by atoms with E-state index >= 15 is 0 Å². The van der Waals surface area contributed by atoms with Gasteiger partial charge in [0.1, 0.15) is 5.75 Å². The monoisotopic (exact) mass is 575 g/mol. The van der Waals surface area contributed by atoms with Crippen molar-refractivity contribution in [2.24, 2.45) is 0 Å². The lowest BCUT2D eigenvalue weighted by Gasteiger charge is -2.18. The van der Waals surface area contributed by atoms with E-state index in [1.807, 2.05) is 42.5 Å². The molecule has 0 fully saturated rings. The molecule has 0 atom stereocenters. The number of alkyl halides is 3. The first-order chi connectivity index (χ1) is 18.7. The Morgan fingerprint density at radius 1 is 0.923 bits per heavy atom. The van der Waals surface area contributed by atoms with Crippen LogP contribution in [0.4, 0.5) is 13.2 Å². The van der Waals surface area contributed by atoms with Crippen LogP contribution in [0.1, 0.15) is 27.0 Å². The summed E-state index contributed by atoms with van der Waals surface area (Å²) < 4.78 is 41.3. The van der Waals surface area contributed by atoms with Crippen LogP contribution in [0.2, 0.25) is 10.6 Å². The van der Waals surface area contributed by atoms with Crippen molar-refractivity contribution in [3.8, 4) is 17.1 Å². The zero-order chi connectivity index (χ0) is 27.8. The fourth-order valence-corrected chi connectivity index (χ4v) is 4.18. The normalized spacial score (nSPS) is 12.5. The summed E-state index contributed by atoms with van der Waals surface area (Å²) >= 11 is 11.3. The molecule has 202 valence electrons. The van der Waals surface area contributed by atoms with Crippen molar-refractivity contribution in [1.29, 1.82) is 0 Å². The van der Waals surface area contributed by atoms with Crippen LogP contribution in [0, 0.1) is 0 Å². The van der Waals surface area contributed by atoms with E-state index in [2.05, 4.69) is 30.3 Å². The predicted molar refractivity (Wildman–Crippen MR) is 141 cm³/mol. The number of aromatic nitrogens is 3. The summed E-state index contributed by atoms with van der Waals surface area (Å²) in [5.74, 6) is -0.162. The van der Waals surface area contributed by atoms with Gasteiger partial charge < -0.3 is 15.4 Å². The number of nitrogens with one attached hydrogen (secondary N) is 2. The molecule has 0 unspecified atom stereocenters. The topological polar surface area (TPSA) is 89.0 Å². The number of carbonyl (C=O) groups is 1. The number of hydrogen-bond acceptors (Lipinski definition) is 6. The number of benzene rings is 3. The maximum absolute atomic E-state index is 12.4. The number of nitrogens with zero attached hydrogens (tertiary/aromatic N) is 3. The first-order valence-corrected chi connectivity index (χ1v) is 12.5. The first kappa shape index (κ1) is 28.3. The maximum atomic E-state index is 12.4. The largest absolute Gasteiger partial charge is 0.573 e. The molecule has 5 rings (SSSR count). The molecule has 1 aliphatic heterocycles. The van der Waals surface area contributed by atoms with E-state index in [-0.39, 0.29) is 34.3 Å². The van der Waals surface area contributed by atoms with Gasteiger partial charge in [0, 0.05) is 29.8 Å². The summed E-state index contributed by atoms with van der Waals surface area (Å²) in [6.45, 7) is 1.59. The summed E-state index contributed by atoms with van der Waals surface area (Å²) in [6.07, 6.45) is -3.93. The van der Waals surface area contributed by atoms with Gasteiger partial charge in [-0.2, -0.15) is 15.0 Å². The van der Waals surface area contributed by atoms with Crippen LogP contribution >= 0.6 is 23.2 Å². The molecule has 1 amide bonds. The molecule has 4 aromatic rings. The summed E-state index contributed by atoms with van der Waals surface area (Å²) in [6, 6.07) is 20.7. The third-order valence-corrected chi connectivity index (χ3v) is 5.94. The van der Waals surface area contributed by atoms with Crippen molar-refractivity contribution in [3.63, 3.8) is 0 Å². The number of halogens is 5. The van der Waals surface area contributed by atoms with Crippen molar-refractivity contribution in [2.75, 3.05) is 6.54 Å². The molecule has 12 heteroatoms. The number of amides is 1. The Morgan fingerprint density at radius 2 is 1.62 bits per heavy atom. The lowest BCUT2D eigenvalue weighted by Crippen LogP contribution is -2.26. The standard InChI is InChI=1S/C18H17F3N2O2.C9H5Cl2N3/c19-18(20,21)25-16-4-2-1-3-15(16)11-23-17(24)13-5-6-14-10-22-8-7-12(14)9-13;10-8-12-7(13-9(11)14-8)6-4-2-1-3-5-6/h1-6,9,22H,7-8,10-11H2,(H,23,24);1-5H. The summed E-state index contributed by atoms with van der Waals surface area (Å²) in [7, 11) is 0. The van der Waals surface area contributed by atoms with Crippen molar-refractivity contribution < 1.29 is 22.7 Å². The van der Waals surface area contributed by atoms with Gasteiger partial charge in [-0.05, 0) is 65.5 Å². The molecule has 7 nitrogen and oxygen atoms in total. The van der Waals surface area contributed by atoms with E-state index in [0.717, 1.165) is 36.2 Å². The van der Waals surface area contributed by atoms with Gasteiger partial charge in [-0.25, -0.2) is 0 Å². The molecule has 2 N–H and O–H groups in total. The molecule has 0 radical (unpaired) electrons. The molecular formula is C27H22Cl2F3N5O2. The Balaban J connectivity index is 0.000000212. The van der Waals surface area contributed by atoms with Crippen LogP contribution in [0.15, 0.2) is 72.8 Å². The van der Waals surface area contributed by atoms with Gasteiger partial charge in [0.25, 0.3) is 5.91 Å². The average molecular weight is 576 g/mol. The van der Waals surface area contributed by atoms with Gasteiger partial charge in [0.05, 0.1) is 0 Å². The van der Waals surface area contributed by atoms with Gasteiger partial charge >= 0.3 is 6.36 Å². The molecule has 39 heavy (non-hydrogen) atoms. The lowest BCUT2D eigenvalue weighted by molar-refractivity contribution is -0.274. The molecule has 2 heterocycles. The third kappa shape index (κ3) is 8.38. The molecule has 0 saturated heterocycles. The van der Waals surface area contributed by atoms with E-state index < -0.39 is 6.36 Å². The van der Waals surface area contributed by atoms with Crippen molar-refractivity contribution in [3.05, 3.63) is 106 Å². The SMILES string of the molecule is Clc1nc(Cl)nc(-c2ccccc2)n1.O=C(NCc1ccccc1OC(F)(F)F)c1ccc2c(c1)CCNC2. The zero-order valence-electron chi connectivity index (χ0n) is 20.3. The van der Waals surface area contributed by atoms with Gasteiger partial charge in [-0.15, -0.1) is 13.2 Å². The minimum Gasteiger partial charge on any atom is -0.405 e. The van der Waals surface area contributed by atoms with Crippen LogP contribution in [-0.4, -0.2) is 33.8 Å². The second kappa shape index (κ2) is 12.9. The number of carbonyl (C=O) groups excluding carboxylic acids is 1. The van der Waals surface area contributed by atoms with Crippen molar-refractivity contribution in [1.82, 2.24) is 25.6 Å². The molecular weight excluding hydrogens is 554 g/mol. The number of rotatable bonds is 5. The molecule has 0 spiro atoms. The van der Waals surface area contributed by atoms with Crippen molar-refractivity contribution >= 4 is 29.1 Å². The Bertz CT molecular complexity index is 1420. The Labute approximate surface area is 232 Å². The van der Waals surface area contributed by atoms with E-state index in [4.69, 9.17) is 23.2 Å². The molecule has 3 aromatic carbocycles. The Hall–Kier alpha value is -3.73. The number of hydrogen-bond donors (Lipinski definition) is 2. The van der Waals surface area contributed by atoms with Gasteiger partial charge in [0.15, 0.2) is 5.82 Å². The van der Waals surface area contributed by atoms with E-state index in [1.165, 1.54) is 18.2 Å². The zero-order valence-corrected chi connectivity index (χ0v) is 21.8. The second-order valence-corrected chi connectivity index (χ2v) is 8.99. The fourth-order valence-electron chi connectivity index (χ4n) is 3.81. The van der Waals surface area contributed by atoms with Crippen LogP contribution in [-0.2, 0) is 19.5 Å². The van der Waals surface area contributed by atoms with Crippen LogP contribution in [0.25, 0.3) is 11.4 Å². The third-order valence-electron chi connectivity index (χ3n) is 5.61. The Morgan fingerprint density at radius 3 is 2.33 bits per heavy atom. The predicted octanol–water partition coefficient (Wildman–Crippen LogP) is 6.01. The maximum Gasteiger partial charge on any atom is 0.573 e. The Kier molecular flexibility index (Phi) is 9.34. The number of para-hydroxylation sites is 1. The quantitative estimate of drug-likeness (QED) is 0.303. The number of fused-ring (bicyclic) bond motifs is 1. The molecule has 1 aromatic heterocycles. The van der Waals surface area contributed by atoms with Crippen LogP contribution < -0.4 is 15.4 Å². The van der Waals surface area contributed by atoms with Gasteiger partial charge in [0.2, 0.25) is 10.6 Å². The van der Waals surface area contributed by atoms with Crippen molar-refractivity contribution in [2.45, 2.75) is 25.9 Å². The van der Waals surface area contributed by atoms with E-state index in [1.54, 1.807) is 12.1 Å². The summed E-state index contributed by atoms with van der Waals surface area (Å²) in [5, 5.41) is 6.10. The average Bonchev–Trinajstić information content (AvgIpc) is 2.91. The van der Waals surface area contributed by atoms with E-state index in [0.29, 0.717) is 11.4 Å². The van der Waals surface area contributed by atoms with Crippen LogP contribution in [0.5, 0.6) is 5.75 Å². The lowest BCUT2D eigenvalue weighted by atomic mass is 9.98. The van der Waals surface area contributed by atoms with E-state index in [9.17, 15) is 18.0 Å². The minimum absolute atomic E-state index is 0.0519. The summed E-state index contributed by atoms with van der Waals surface area (Å²) in [4.78, 5) is 23.9.